The summed E-state index contributed by atoms with van der Waals surface area (Å²) in [5.74, 6) is 1.32. The SMILES string of the molecule is CCOc1ccccc1C(=O)Nc1ccc(-c2ccc(N3CCCCC3)nn2)cc1. The van der Waals surface area contributed by atoms with E-state index in [-0.39, 0.29) is 5.91 Å². The van der Waals surface area contributed by atoms with Crippen molar-refractivity contribution in [2.75, 3.05) is 29.9 Å². The van der Waals surface area contributed by atoms with Gasteiger partial charge in [-0.3, -0.25) is 4.79 Å². The maximum absolute atomic E-state index is 12.6. The van der Waals surface area contributed by atoms with Crippen LogP contribution in [0.25, 0.3) is 11.3 Å². The first-order valence-electron chi connectivity index (χ1n) is 10.5. The molecule has 154 valence electrons. The number of rotatable bonds is 6. The molecule has 1 aliphatic heterocycles. The molecule has 0 atom stereocenters. The van der Waals surface area contributed by atoms with Crippen molar-refractivity contribution in [1.29, 1.82) is 0 Å². The van der Waals surface area contributed by atoms with Crippen LogP contribution in [0, 0.1) is 0 Å². The summed E-state index contributed by atoms with van der Waals surface area (Å²) in [5.41, 5.74) is 3.01. The minimum Gasteiger partial charge on any atom is -0.493 e. The molecule has 3 aromatic rings. The van der Waals surface area contributed by atoms with Gasteiger partial charge < -0.3 is 15.0 Å². The normalized spacial score (nSPS) is 13.7. The third-order valence-electron chi connectivity index (χ3n) is 5.20. The molecule has 1 N–H and O–H groups in total. The van der Waals surface area contributed by atoms with E-state index in [1.807, 2.05) is 55.5 Å². The fourth-order valence-electron chi connectivity index (χ4n) is 3.63. The van der Waals surface area contributed by atoms with Gasteiger partial charge in [0.25, 0.3) is 5.91 Å². The van der Waals surface area contributed by atoms with Gasteiger partial charge in [0.05, 0.1) is 17.9 Å². The van der Waals surface area contributed by atoms with E-state index in [0.717, 1.165) is 30.2 Å². The van der Waals surface area contributed by atoms with Gasteiger partial charge in [0.15, 0.2) is 5.82 Å². The molecule has 1 saturated heterocycles. The Balaban J connectivity index is 1.43. The van der Waals surface area contributed by atoms with Crippen LogP contribution in [0.5, 0.6) is 5.75 Å². The molecular weight excluding hydrogens is 376 g/mol. The number of amides is 1. The fraction of sp³-hybridized carbons (Fsp3) is 0.292. The van der Waals surface area contributed by atoms with Gasteiger partial charge in [-0.2, -0.15) is 0 Å². The monoisotopic (exact) mass is 402 g/mol. The van der Waals surface area contributed by atoms with Crippen molar-refractivity contribution in [3.8, 4) is 17.0 Å². The third-order valence-corrected chi connectivity index (χ3v) is 5.20. The number of aromatic nitrogens is 2. The average molecular weight is 402 g/mol. The van der Waals surface area contributed by atoms with E-state index in [1.165, 1.54) is 19.3 Å². The first kappa shape index (κ1) is 19.9. The van der Waals surface area contributed by atoms with Crippen LogP contribution in [-0.4, -0.2) is 35.8 Å². The molecular formula is C24H26N4O2. The quantitative estimate of drug-likeness (QED) is 0.642. The summed E-state index contributed by atoms with van der Waals surface area (Å²) in [6, 6.07) is 18.9. The van der Waals surface area contributed by atoms with E-state index in [9.17, 15) is 4.79 Å². The lowest BCUT2D eigenvalue weighted by molar-refractivity contribution is 0.102. The van der Waals surface area contributed by atoms with Gasteiger partial charge in [0.1, 0.15) is 5.75 Å². The summed E-state index contributed by atoms with van der Waals surface area (Å²) in [4.78, 5) is 14.9. The zero-order valence-electron chi connectivity index (χ0n) is 17.2. The maximum atomic E-state index is 12.6. The Hall–Kier alpha value is -3.41. The van der Waals surface area contributed by atoms with Gasteiger partial charge in [0.2, 0.25) is 0 Å². The zero-order valence-corrected chi connectivity index (χ0v) is 17.2. The van der Waals surface area contributed by atoms with Crippen molar-refractivity contribution in [1.82, 2.24) is 10.2 Å². The summed E-state index contributed by atoms with van der Waals surface area (Å²) in [6.45, 7) is 4.51. The number of hydrogen-bond acceptors (Lipinski definition) is 5. The molecule has 0 aliphatic carbocycles. The van der Waals surface area contributed by atoms with Gasteiger partial charge in [-0.15, -0.1) is 10.2 Å². The Labute approximate surface area is 176 Å². The molecule has 1 fully saturated rings. The Morgan fingerprint density at radius 1 is 0.967 bits per heavy atom. The minimum atomic E-state index is -0.197. The molecule has 6 nitrogen and oxygen atoms in total. The van der Waals surface area contributed by atoms with E-state index in [4.69, 9.17) is 4.74 Å². The Bertz CT molecular complexity index is 981. The lowest BCUT2D eigenvalue weighted by Gasteiger charge is -2.27. The highest BCUT2D eigenvalue weighted by molar-refractivity contribution is 6.06. The smallest absolute Gasteiger partial charge is 0.259 e. The van der Waals surface area contributed by atoms with E-state index in [0.29, 0.717) is 23.6 Å². The molecule has 0 saturated carbocycles. The van der Waals surface area contributed by atoms with Crippen LogP contribution in [0.4, 0.5) is 11.5 Å². The lowest BCUT2D eigenvalue weighted by atomic mass is 10.1. The highest BCUT2D eigenvalue weighted by Crippen LogP contribution is 2.24. The topological polar surface area (TPSA) is 67.3 Å². The van der Waals surface area contributed by atoms with Crippen molar-refractivity contribution in [2.45, 2.75) is 26.2 Å². The molecule has 1 amide bonds. The number of nitrogens with zero attached hydrogens (tertiary/aromatic N) is 3. The highest BCUT2D eigenvalue weighted by atomic mass is 16.5. The first-order chi connectivity index (χ1) is 14.7. The summed E-state index contributed by atoms with van der Waals surface area (Å²) >= 11 is 0. The lowest BCUT2D eigenvalue weighted by Crippen LogP contribution is -2.30. The van der Waals surface area contributed by atoms with Gasteiger partial charge in [0, 0.05) is 24.3 Å². The van der Waals surface area contributed by atoms with Gasteiger partial charge in [-0.25, -0.2) is 0 Å². The number of carbonyl (C=O) groups excluding carboxylic acids is 1. The predicted molar refractivity (Wildman–Crippen MR) is 119 cm³/mol. The highest BCUT2D eigenvalue weighted by Gasteiger charge is 2.14. The number of anilines is 2. The van der Waals surface area contributed by atoms with E-state index in [2.05, 4.69) is 20.4 Å². The van der Waals surface area contributed by atoms with Crippen LogP contribution >= 0.6 is 0 Å². The van der Waals surface area contributed by atoms with Crippen molar-refractivity contribution in [3.05, 3.63) is 66.2 Å². The van der Waals surface area contributed by atoms with Crippen molar-refractivity contribution < 1.29 is 9.53 Å². The summed E-state index contributed by atoms with van der Waals surface area (Å²) in [5, 5.41) is 11.7. The van der Waals surface area contributed by atoms with E-state index in [1.54, 1.807) is 12.1 Å². The average Bonchev–Trinajstić information content (AvgIpc) is 2.81. The molecule has 0 radical (unpaired) electrons. The number of piperidine rings is 1. The third kappa shape index (κ3) is 4.59. The van der Waals surface area contributed by atoms with Crippen LogP contribution in [-0.2, 0) is 0 Å². The molecule has 0 bridgehead atoms. The molecule has 2 heterocycles. The second-order valence-corrected chi connectivity index (χ2v) is 7.29. The molecule has 2 aromatic carbocycles. The number of para-hydroxylation sites is 1. The minimum absolute atomic E-state index is 0.197. The summed E-state index contributed by atoms with van der Waals surface area (Å²) in [6.07, 6.45) is 3.72. The molecule has 4 rings (SSSR count). The largest absolute Gasteiger partial charge is 0.493 e. The van der Waals surface area contributed by atoms with Gasteiger partial charge >= 0.3 is 0 Å². The first-order valence-corrected chi connectivity index (χ1v) is 10.5. The molecule has 0 spiro atoms. The number of hydrogen-bond donors (Lipinski definition) is 1. The summed E-state index contributed by atoms with van der Waals surface area (Å²) in [7, 11) is 0. The molecule has 30 heavy (non-hydrogen) atoms. The van der Waals surface area contributed by atoms with E-state index >= 15 is 0 Å². The Morgan fingerprint density at radius 2 is 1.73 bits per heavy atom. The molecule has 1 aliphatic rings. The molecule has 0 unspecified atom stereocenters. The predicted octanol–water partition coefficient (Wildman–Crippen LogP) is 4.78. The number of ether oxygens (including phenoxy) is 1. The Kier molecular flexibility index (Phi) is 6.23. The molecule has 6 heteroatoms. The fourth-order valence-corrected chi connectivity index (χ4v) is 3.63. The van der Waals surface area contributed by atoms with Crippen LogP contribution < -0.4 is 15.0 Å². The van der Waals surface area contributed by atoms with Crippen molar-refractivity contribution >= 4 is 17.4 Å². The number of benzene rings is 2. The number of carbonyl (C=O) groups is 1. The van der Waals surface area contributed by atoms with Gasteiger partial charge in [-0.1, -0.05) is 24.3 Å². The van der Waals surface area contributed by atoms with E-state index < -0.39 is 0 Å². The molecule has 1 aromatic heterocycles. The standard InChI is InChI=1S/C24H26N4O2/c1-2-30-22-9-5-4-8-20(22)24(29)25-19-12-10-18(11-13-19)21-14-15-23(27-26-21)28-16-6-3-7-17-28/h4-5,8-15H,2-3,6-7,16-17H2,1H3,(H,25,29). The van der Waals surface area contributed by atoms with Crippen LogP contribution in [0.2, 0.25) is 0 Å². The Morgan fingerprint density at radius 3 is 2.43 bits per heavy atom. The zero-order chi connectivity index (χ0) is 20.8. The number of nitrogens with one attached hydrogen (secondary N) is 1. The van der Waals surface area contributed by atoms with Crippen molar-refractivity contribution in [2.24, 2.45) is 0 Å². The van der Waals surface area contributed by atoms with Crippen LogP contribution in [0.15, 0.2) is 60.7 Å². The maximum Gasteiger partial charge on any atom is 0.259 e. The second-order valence-electron chi connectivity index (χ2n) is 7.29. The summed E-state index contributed by atoms with van der Waals surface area (Å²) < 4.78 is 5.55. The second kappa shape index (κ2) is 9.39. The van der Waals surface area contributed by atoms with Crippen molar-refractivity contribution in [3.63, 3.8) is 0 Å². The van der Waals surface area contributed by atoms with Crippen LogP contribution in [0.1, 0.15) is 36.5 Å². The van der Waals surface area contributed by atoms with Gasteiger partial charge in [-0.05, 0) is 62.6 Å². The van der Waals surface area contributed by atoms with Crippen LogP contribution in [0.3, 0.4) is 0 Å².